The normalized spacial score (nSPS) is 18.1. The third kappa shape index (κ3) is 3.14. The Labute approximate surface area is 121 Å². The first kappa shape index (κ1) is 13.5. The quantitative estimate of drug-likeness (QED) is 0.836. The van der Waals surface area contributed by atoms with Gasteiger partial charge >= 0.3 is 0 Å². The van der Waals surface area contributed by atoms with Crippen LogP contribution in [0.25, 0.3) is 0 Å². The first-order chi connectivity index (χ1) is 9.65. The summed E-state index contributed by atoms with van der Waals surface area (Å²) in [7, 11) is 0. The summed E-state index contributed by atoms with van der Waals surface area (Å²) in [5.74, 6) is 1.65. The minimum absolute atomic E-state index is 0.134. The molecule has 1 aromatic rings. The van der Waals surface area contributed by atoms with Crippen LogP contribution in [0, 0.1) is 25.7 Å². The molecule has 108 valence electrons. The zero-order valence-corrected chi connectivity index (χ0v) is 12.4. The van der Waals surface area contributed by atoms with Crippen LogP contribution in [0.4, 0.5) is 5.69 Å². The molecule has 2 aliphatic rings. The third-order valence-electron chi connectivity index (χ3n) is 4.63. The van der Waals surface area contributed by atoms with Gasteiger partial charge in [-0.3, -0.25) is 4.79 Å². The van der Waals surface area contributed by atoms with Gasteiger partial charge in [0, 0.05) is 11.7 Å². The zero-order chi connectivity index (χ0) is 14.1. The number of benzene rings is 1. The van der Waals surface area contributed by atoms with Crippen LogP contribution in [0.5, 0.6) is 0 Å². The molecular formula is C17H24N2O. The molecule has 0 unspecified atom stereocenters. The Morgan fingerprint density at radius 2 is 1.85 bits per heavy atom. The van der Waals surface area contributed by atoms with Gasteiger partial charge in [0.25, 0.3) is 0 Å². The van der Waals surface area contributed by atoms with E-state index in [0.29, 0.717) is 12.6 Å². The Hall–Kier alpha value is -1.51. The van der Waals surface area contributed by atoms with Gasteiger partial charge in [-0.2, -0.15) is 0 Å². The molecule has 0 bridgehead atoms. The van der Waals surface area contributed by atoms with Crippen molar-refractivity contribution >= 4 is 11.6 Å². The van der Waals surface area contributed by atoms with Gasteiger partial charge in [-0.25, -0.2) is 0 Å². The first-order valence-electron chi connectivity index (χ1n) is 7.74. The lowest BCUT2D eigenvalue weighted by Gasteiger charge is -2.18. The predicted molar refractivity (Wildman–Crippen MR) is 81.8 cm³/mol. The summed E-state index contributed by atoms with van der Waals surface area (Å²) < 4.78 is 0. The highest BCUT2D eigenvalue weighted by atomic mass is 16.2. The van der Waals surface area contributed by atoms with Crippen molar-refractivity contribution in [1.82, 2.24) is 5.32 Å². The summed E-state index contributed by atoms with van der Waals surface area (Å²) in [5.41, 5.74) is 3.54. The summed E-state index contributed by atoms with van der Waals surface area (Å²) in [6.07, 6.45) is 5.19. The van der Waals surface area contributed by atoms with Gasteiger partial charge in [0.05, 0.1) is 6.54 Å². The van der Waals surface area contributed by atoms with Crippen LogP contribution in [-0.4, -0.2) is 18.5 Å². The molecule has 2 N–H and O–H groups in total. The van der Waals surface area contributed by atoms with Crippen LogP contribution < -0.4 is 10.6 Å². The van der Waals surface area contributed by atoms with E-state index in [1.807, 2.05) is 12.1 Å². The Morgan fingerprint density at radius 3 is 2.45 bits per heavy atom. The fraction of sp³-hybridized carbons (Fsp3) is 0.588. The maximum absolute atomic E-state index is 12.1. The van der Waals surface area contributed by atoms with E-state index in [2.05, 4.69) is 30.5 Å². The van der Waals surface area contributed by atoms with Crippen LogP contribution in [0.2, 0.25) is 0 Å². The predicted octanol–water partition coefficient (Wildman–Crippen LogP) is 3.02. The smallest absolute Gasteiger partial charge is 0.239 e. The lowest BCUT2D eigenvalue weighted by atomic mass is 10.1. The Morgan fingerprint density at radius 1 is 1.20 bits per heavy atom. The molecule has 20 heavy (non-hydrogen) atoms. The molecule has 0 aromatic heterocycles. The van der Waals surface area contributed by atoms with Crippen molar-refractivity contribution in [1.29, 1.82) is 0 Å². The van der Waals surface area contributed by atoms with E-state index < -0.39 is 0 Å². The summed E-state index contributed by atoms with van der Waals surface area (Å²) in [4.78, 5) is 12.1. The van der Waals surface area contributed by atoms with E-state index in [-0.39, 0.29) is 5.91 Å². The molecule has 0 heterocycles. The number of anilines is 1. The van der Waals surface area contributed by atoms with Gasteiger partial charge in [0.2, 0.25) is 5.91 Å². The van der Waals surface area contributed by atoms with Crippen molar-refractivity contribution in [3.05, 3.63) is 29.3 Å². The van der Waals surface area contributed by atoms with Gasteiger partial charge in [-0.1, -0.05) is 12.1 Å². The molecular weight excluding hydrogens is 248 g/mol. The van der Waals surface area contributed by atoms with E-state index in [0.717, 1.165) is 17.5 Å². The van der Waals surface area contributed by atoms with Crippen molar-refractivity contribution in [3.8, 4) is 0 Å². The van der Waals surface area contributed by atoms with Gasteiger partial charge in [-0.05, 0) is 68.6 Å². The molecule has 2 fully saturated rings. The minimum atomic E-state index is 0.134. The molecule has 2 saturated carbocycles. The minimum Gasteiger partial charge on any atom is -0.376 e. The largest absolute Gasteiger partial charge is 0.376 e. The molecule has 3 rings (SSSR count). The van der Waals surface area contributed by atoms with Gasteiger partial charge < -0.3 is 10.6 Å². The number of carbonyl (C=O) groups is 1. The maximum Gasteiger partial charge on any atom is 0.239 e. The molecule has 0 atom stereocenters. The van der Waals surface area contributed by atoms with Crippen molar-refractivity contribution < 1.29 is 4.79 Å². The monoisotopic (exact) mass is 272 g/mol. The van der Waals surface area contributed by atoms with Gasteiger partial charge in [0.1, 0.15) is 0 Å². The Bertz CT molecular complexity index is 492. The fourth-order valence-corrected chi connectivity index (χ4v) is 2.89. The fourth-order valence-electron chi connectivity index (χ4n) is 2.89. The van der Waals surface area contributed by atoms with E-state index in [4.69, 9.17) is 0 Å². The Kier molecular flexibility index (Phi) is 3.68. The highest BCUT2D eigenvalue weighted by molar-refractivity contribution is 5.81. The summed E-state index contributed by atoms with van der Waals surface area (Å²) in [6, 6.07) is 6.61. The van der Waals surface area contributed by atoms with Gasteiger partial charge in [-0.15, -0.1) is 0 Å². The van der Waals surface area contributed by atoms with Crippen molar-refractivity contribution in [2.45, 2.75) is 45.6 Å². The average Bonchev–Trinajstić information content (AvgIpc) is 3.28. The molecule has 0 saturated heterocycles. The summed E-state index contributed by atoms with van der Waals surface area (Å²) in [6.45, 7) is 4.56. The highest BCUT2D eigenvalue weighted by Gasteiger charge is 2.42. The number of hydrogen-bond acceptors (Lipinski definition) is 2. The zero-order valence-electron chi connectivity index (χ0n) is 12.4. The summed E-state index contributed by atoms with van der Waals surface area (Å²) in [5, 5.41) is 6.51. The average molecular weight is 272 g/mol. The van der Waals surface area contributed by atoms with Crippen molar-refractivity contribution in [2.75, 3.05) is 11.9 Å². The molecule has 3 heteroatoms. The number of nitrogens with one attached hydrogen (secondary N) is 2. The van der Waals surface area contributed by atoms with Crippen molar-refractivity contribution in [3.63, 3.8) is 0 Å². The van der Waals surface area contributed by atoms with E-state index in [1.165, 1.54) is 36.8 Å². The van der Waals surface area contributed by atoms with Crippen LogP contribution >= 0.6 is 0 Å². The van der Waals surface area contributed by atoms with Gasteiger partial charge in [0.15, 0.2) is 0 Å². The standard InChI is InChI=1S/C17H24N2O/c1-11-4-3-5-15(12(11)2)18-10-16(20)19-17(13-6-7-13)14-8-9-14/h3-5,13-14,17-18H,6-10H2,1-2H3,(H,19,20). The van der Waals surface area contributed by atoms with Crippen LogP contribution in [0.1, 0.15) is 36.8 Å². The van der Waals surface area contributed by atoms with Crippen molar-refractivity contribution in [2.24, 2.45) is 11.8 Å². The number of rotatable bonds is 6. The first-order valence-corrected chi connectivity index (χ1v) is 7.74. The SMILES string of the molecule is Cc1cccc(NCC(=O)NC(C2CC2)C2CC2)c1C. The van der Waals surface area contributed by atoms with Crippen LogP contribution in [-0.2, 0) is 4.79 Å². The molecule has 0 aliphatic heterocycles. The molecule has 2 aliphatic carbocycles. The van der Waals surface area contributed by atoms with Crippen LogP contribution in [0.3, 0.4) is 0 Å². The second kappa shape index (κ2) is 5.47. The van der Waals surface area contributed by atoms with E-state index in [9.17, 15) is 4.79 Å². The second-order valence-corrected chi connectivity index (χ2v) is 6.37. The molecule has 1 amide bonds. The molecule has 0 spiro atoms. The number of carbonyl (C=O) groups excluding carboxylic acids is 1. The van der Waals surface area contributed by atoms with Crippen LogP contribution in [0.15, 0.2) is 18.2 Å². The topological polar surface area (TPSA) is 41.1 Å². The molecule has 0 radical (unpaired) electrons. The Balaban J connectivity index is 1.52. The highest BCUT2D eigenvalue weighted by Crippen LogP contribution is 2.44. The lowest BCUT2D eigenvalue weighted by molar-refractivity contribution is -0.120. The number of hydrogen-bond donors (Lipinski definition) is 2. The number of aryl methyl sites for hydroxylation is 1. The van der Waals surface area contributed by atoms with E-state index >= 15 is 0 Å². The molecule has 3 nitrogen and oxygen atoms in total. The molecule has 1 aromatic carbocycles. The number of amides is 1. The third-order valence-corrected chi connectivity index (χ3v) is 4.63. The van der Waals surface area contributed by atoms with E-state index in [1.54, 1.807) is 0 Å². The summed E-state index contributed by atoms with van der Waals surface area (Å²) >= 11 is 0. The lowest BCUT2D eigenvalue weighted by Crippen LogP contribution is -2.41. The maximum atomic E-state index is 12.1. The second-order valence-electron chi connectivity index (χ2n) is 6.37.